The molecule has 1 aromatic rings. The van der Waals surface area contributed by atoms with E-state index in [-0.39, 0.29) is 23.2 Å². The standard InChI is InChI=1S/C18H19F2NO7S/c19-18(20,17(24)27-11-12-6-2-1-3-7-12)29(25,26)28-21-15(22)10-13-8-4-5-9-14(13)16(21)23/h4-5,8-9,12H,1-3,6-7,10-11H2. The zero-order valence-corrected chi connectivity index (χ0v) is 16.1. The zero-order valence-electron chi connectivity index (χ0n) is 15.3. The molecule has 3 rings (SSSR count). The van der Waals surface area contributed by atoms with Gasteiger partial charge in [0.15, 0.2) is 0 Å². The summed E-state index contributed by atoms with van der Waals surface area (Å²) in [5.41, 5.74) is 0.240. The lowest BCUT2D eigenvalue weighted by Crippen LogP contribution is -2.49. The number of hydrogen-bond acceptors (Lipinski definition) is 7. The summed E-state index contributed by atoms with van der Waals surface area (Å²) < 4.78 is 61.0. The van der Waals surface area contributed by atoms with Gasteiger partial charge < -0.3 is 4.74 Å². The highest BCUT2D eigenvalue weighted by molar-refractivity contribution is 7.88. The van der Waals surface area contributed by atoms with Crippen LogP contribution in [0.25, 0.3) is 0 Å². The minimum atomic E-state index is -6.00. The van der Waals surface area contributed by atoms with Crippen molar-refractivity contribution in [1.82, 2.24) is 5.06 Å². The van der Waals surface area contributed by atoms with Gasteiger partial charge in [-0.3, -0.25) is 9.59 Å². The van der Waals surface area contributed by atoms with Crippen molar-refractivity contribution in [1.29, 1.82) is 0 Å². The Bertz CT molecular complexity index is 926. The van der Waals surface area contributed by atoms with E-state index in [0.29, 0.717) is 18.4 Å². The number of ether oxygens (including phenoxy) is 1. The third kappa shape index (κ3) is 4.30. The molecular weight excluding hydrogens is 412 g/mol. The third-order valence-electron chi connectivity index (χ3n) is 4.90. The number of benzene rings is 1. The van der Waals surface area contributed by atoms with Gasteiger partial charge in [-0.25, -0.2) is 4.79 Å². The number of hydroxylamine groups is 2. The zero-order chi connectivity index (χ0) is 21.2. The highest BCUT2D eigenvalue weighted by Crippen LogP contribution is 2.30. The van der Waals surface area contributed by atoms with Crippen LogP contribution in [0.3, 0.4) is 0 Å². The van der Waals surface area contributed by atoms with E-state index in [9.17, 15) is 31.6 Å². The first-order valence-corrected chi connectivity index (χ1v) is 10.5. The normalized spacial score (nSPS) is 18.5. The fraction of sp³-hybridized carbons (Fsp3) is 0.500. The van der Waals surface area contributed by atoms with Crippen LogP contribution in [0.15, 0.2) is 24.3 Å². The van der Waals surface area contributed by atoms with Crippen LogP contribution in [0.5, 0.6) is 0 Å². The first-order valence-electron chi connectivity index (χ1n) is 9.08. The van der Waals surface area contributed by atoms with E-state index in [1.165, 1.54) is 18.2 Å². The molecule has 0 spiro atoms. The number of esters is 1. The van der Waals surface area contributed by atoms with Gasteiger partial charge in [0.05, 0.1) is 13.0 Å². The van der Waals surface area contributed by atoms with E-state index in [2.05, 4.69) is 9.02 Å². The average Bonchev–Trinajstić information content (AvgIpc) is 2.70. The van der Waals surface area contributed by atoms with Crippen LogP contribution in [-0.4, -0.2) is 43.1 Å². The van der Waals surface area contributed by atoms with Crippen molar-refractivity contribution >= 4 is 27.9 Å². The number of imide groups is 1. The van der Waals surface area contributed by atoms with Gasteiger partial charge in [-0.15, -0.1) is 9.35 Å². The summed E-state index contributed by atoms with van der Waals surface area (Å²) in [6, 6.07) is 5.78. The molecule has 0 atom stereocenters. The van der Waals surface area contributed by atoms with E-state index in [4.69, 9.17) is 0 Å². The van der Waals surface area contributed by atoms with Crippen LogP contribution in [0.2, 0.25) is 0 Å². The van der Waals surface area contributed by atoms with Crippen LogP contribution in [0.1, 0.15) is 48.0 Å². The molecule has 0 saturated heterocycles. The van der Waals surface area contributed by atoms with Crippen molar-refractivity contribution in [2.45, 2.75) is 43.8 Å². The van der Waals surface area contributed by atoms with Crippen molar-refractivity contribution in [2.24, 2.45) is 5.92 Å². The summed E-state index contributed by atoms with van der Waals surface area (Å²) in [6.45, 7) is -0.334. The number of carbonyl (C=O) groups is 3. The molecule has 2 amide bonds. The van der Waals surface area contributed by atoms with Gasteiger partial charge in [0, 0.05) is 5.56 Å². The van der Waals surface area contributed by atoms with Crippen molar-refractivity contribution in [3.05, 3.63) is 35.4 Å². The number of amides is 2. The molecule has 0 aromatic heterocycles. The van der Waals surface area contributed by atoms with Crippen molar-refractivity contribution in [3.63, 3.8) is 0 Å². The molecule has 1 fully saturated rings. The van der Waals surface area contributed by atoms with Gasteiger partial charge in [0.2, 0.25) is 0 Å². The maximum Gasteiger partial charge on any atom is 0.467 e. The first kappa shape index (κ1) is 21.3. The molecule has 158 valence electrons. The predicted octanol–water partition coefficient (Wildman–Crippen LogP) is 2.19. The highest BCUT2D eigenvalue weighted by atomic mass is 32.2. The topological polar surface area (TPSA) is 107 Å². The highest BCUT2D eigenvalue weighted by Gasteiger charge is 2.58. The second-order valence-electron chi connectivity index (χ2n) is 6.98. The number of nitrogens with zero attached hydrogens (tertiary/aromatic N) is 1. The molecule has 29 heavy (non-hydrogen) atoms. The number of halogens is 2. The van der Waals surface area contributed by atoms with Gasteiger partial charge in [-0.05, 0) is 30.4 Å². The monoisotopic (exact) mass is 431 g/mol. The molecular formula is C18H19F2NO7S. The van der Waals surface area contributed by atoms with Gasteiger partial charge in [0.1, 0.15) is 0 Å². The Morgan fingerprint density at radius 1 is 1.14 bits per heavy atom. The summed E-state index contributed by atoms with van der Waals surface area (Å²) in [5, 5.41) is -5.35. The second kappa shape index (κ2) is 8.15. The maximum atomic E-state index is 14.2. The Hall–Kier alpha value is -2.40. The van der Waals surface area contributed by atoms with Crippen LogP contribution in [-0.2, 0) is 35.1 Å². The molecule has 1 aliphatic carbocycles. The quantitative estimate of drug-likeness (QED) is 0.502. The van der Waals surface area contributed by atoms with Crippen molar-refractivity contribution in [3.8, 4) is 0 Å². The molecule has 1 saturated carbocycles. The smallest absolute Gasteiger partial charge is 0.460 e. The average molecular weight is 431 g/mol. The summed E-state index contributed by atoms with van der Waals surface area (Å²) in [5.74, 6) is -4.79. The van der Waals surface area contributed by atoms with Crippen LogP contribution in [0, 0.1) is 5.92 Å². The SMILES string of the molecule is O=C1Cc2ccccc2C(=O)N1OS(=O)(=O)C(F)(F)C(=O)OCC1CCCCC1. The molecule has 11 heteroatoms. The summed E-state index contributed by atoms with van der Waals surface area (Å²) in [4.78, 5) is 36.1. The maximum absolute atomic E-state index is 14.2. The van der Waals surface area contributed by atoms with E-state index >= 15 is 0 Å². The minimum absolute atomic E-state index is 0.0644. The lowest BCUT2D eigenvalue weighted by Gasteiger charge is -2.26. The van der Waals surface area contributed by atoms with E-state index in [0.717, 1.165) is 19.3 Å². The molecule has 2 aliphatic rings. The number of rotatable bonds is 6. The van der Waals surface area contributed by atoms with Gasteiger partial charge in [-0.2, -0.15) is 17.2 Å². The molecule has 1 heterocycles. The van der Waals surface area contributed by atoms with E-state index in [1.54, 1.807) is 6.07 Å². The van der Waals surface area contributed by atoms with Gasteiger partial charge in [0.25, 0.3) is 11.8 Å². The van der Waals surface area contributed by atoms with Crippen LogP contribution >= 0.6 is 0 Å². The molecule has 0 bridgehead atoms. The number of fused-ring (bicyclic) bond motifs is 1. The van der Waals surface area contributed by atoms with Crippen LogP contribution in [0.4, 0.5) is 8.78 Å². The fourth-order valence-corrected chi connectivity index (χ4v) is 4.00. The van der Waals surface area contributed by atoms with Crippen molar-refractivity contribution in [2.75, 3.05) is 6.61 Å². The summed E-state index contributed by atoms with van der Waals surface area (Å²) in [7, 11) is -6.00. The molecule has 1 aliphatic heterocycles. The second-order valence-corrected chi connectivity index (χ2v) is 8.55. The molecule has 8 nitrogen and oxygen atoms in total. The summed E-state index contributed by atoms with van der Waals surface area (Å²) >= 11 is 0. The first-order chi connectivity index (χ1) is 13.6. The third-order valence-corrected chi connectivity index (χ3v) is 6.04. The Kier molecular flexibility index (Phi) is 5.99. The molecule has 0 radical (unpaired) electrons. The van der Waals surface area contributed by atoms with Crippen molar-refractivity contribution < 1.29 is 40.6 Å². The molecule has 0 unspecified atom stereocenters. The minimum Gasteiger partial charge on any atom is -0.460 e. The predicted molar refractivity (Wildman–Crippen MR) is 93.8 cm³/mol. The number of alkyl halides is 2. The molecule has 1 aromatic carbocycles. The van der Waals surface area contributed by atoms with Crippen LogP contribution < -0.4 is 0 Å². The Morgan fingerprint density at radius 2 is 1.79 bits per heavy atom. The summed E-state index contributed by atoms with van der Waals surface area (Å²) in [6.07, 6.45) is 3.72. The lowest BCUT2D eigenvalue weighted by molar-refractivity contribution is -0.166. The number of carbonyl (C=O) groups excluding carboxylic acids is 3. The van der Waals surface area contributed by atoms with E-state index < -0.39 is 39.6 Å². The fourth-order valence-electron chi connectivity index (χ4n) is 3.29. The van der Waals surface area contributed by atoms with Gasteiger partial charge >= 0.3 is 21.3 Å². The molecule has 0 N–H and O–H groups in total. The largest absolute Gasteiger partial charge is 0.467 e. The Labute approximate surface area is 165 Å². The lowest BCUT2D eigenvalue weighted by atomic mass is 9.90. The Morgan fingerprint density at radius 3 is 2.48 bits per heavy atom. The number of hydrogen-bond donors (Lipinski definition) is 0. The van der Waals surface area contributed by atoms with Gasteiger partial charge in [-0.1, -0.05) is 37.5 Å². The van der Waals surface area contributed by atoms with E-state index in [1.807, 2.05) is 0 Å². The Balaban J connectivity index is 1.71.